The highest BCUT2D eigenvalue weighted by Crippen LogP contribution is 2.25. The molecule has 0 aliphatic heterocycles. The summed E-state index contributed by atoms with van der Waals surface area (Å²) in [4.78, 5) is 15.7. The Hall–Kier alpha value is -1.95. The maximum absolute atomic E-state index is 13.1. The van der Waals surface area contributed by atoms with Crippen LogP contribution in [0.15, 0.2) is 22.6 Å². The lowest BCUT2D eigenvalue weighted by molar-refractivity contribution is -0.123. The number of benzene rings is 1. The Balaban J connectivity index is 1.69. The lowest BCUT2D eigenvalue weighted by Crippen LogP contribution is -2.44. The Kier molecular flexibility index (Phi) is 3.88. The number of hydrogen-bond acceptors (Lipinski definition) is 4. The topological polar surface area (TPSA) is 81.2 Å². The number of rotatable bonds is 4. The van der Waals surface area contributed by atoms with Crippen molar-refractivity contribution < 1.29 is 13.6 Å². The van der Waals surface area contributed by atoms with E-state index in [2.05, 4.69) is 10.3 Å². The normalized spacial score (nSPS) is 22.5. The third-order valence-electron chi connectivity index (χ3n) is 4.04. The number of oxazole rings is 1. The molecule has 1 aromatic carbocycles. The molecule has 3 N–H and O–H groups in total. The summed E-state index contributed by atoms with van der Waals surface area (Å²) in [5, 5.41) is 3.29. The van der Waals surface area contributed by atoms with Gasteiger partial charge in [-0.1, -0.05) is 12.8 Å². The lowest BCUT2D eigenvalue weighted by Gasteiger charge is -2.29. The number of nitrogens with one attached hydrogen (secondary N) is 1. The molecule has 0 spiro atoms. The third kappa shape index (κ3) is 3.05. The fourth-order valence-corrected chi connectivity index (χ4v) is 2.96. The number of primary amides is 1. The highest BCUT2D eigenvalue weighted by Gasteiger charge is 2.29. The van der Waals surface area contributed by atoms with Crippen molar-refractivity contribution in [1.82, 2.24) is 10.3 Å². The average molecular weight is 291 g/mol. The summed E-state index contributed by atoms with van der Waals surface area (Å²) in [5.74, 6) is -0.242. The minimum absolute atomic E-state index is 0.0583. The van der Waals surface area contributed by atoms with Crippen LogP contribution in [0.4, 0.5) is 4.39 Å². The number of nitrogens with zero attached hydrogens (tertiary/aromatic N) is 1. The van der Waals surface area contributed by atoms with E-state index in [4.69, 9.17) is 10.2 Å². The van der Waals surface area contributed by atoms with Crippen LogP contribution in [0.25, 0.3) is 11.1 Å². The number of halogens is 1. The quantitative estimate of drug-likeness (QED) is 0.904. The first-order valence-corrected chi connectivity index (χ1v) is 7.21. The van der Waals surface area contributed by atoms with E-state index < -0.39 is 0 Å². The molecular formula is C15H18FN3O2. The largest absolute Gasteiger partial charge is 0.439 e. The molecule has 0 radical (unpaired) electrons. The van der Waals surface area contributed by atoms with E-state index in [1.165, 1.54) is 12.1 Å². The minimum atomic E-state index is -0.337. The van der Waals surface area contributed by atoms with Crippen molar-refractivity contribution in [3.05, 3.63) is 29.9 Å². The van der Waals surface area contributed by atoms with Gasteiger partial charge in [-0.3, -0.25) is 4.79 Å². The van der Waals surface area contributed by atoms with Crippen LogP contribution in [0.1, 0.15) is 31.6 Å². The van der Waals surface area contributed by atoms with Gasteiger partial charge in [-0.2, -0.15) is 0 Å². The Morgan fingerprint density at radius 2 is 2.24 bits per heavy atom. The summed E-state index contributed by atoms with van der Waals surface area (Å²) in [6, 6.07) is 4.31. The van der Waals surface area contributed by atoms with E-state index in [1.54, 1.807) is 6.07 Å². The molecule has 3 rings (SSSR count). The van der Waals surface area contributed by atoms with Gasteiger partial charge in [-0.25, -0.2) is 9.37 Å². The number of nitrogens with two attached hydrogens (primary N) is 1. The van der Waals surface area contributed by atoms with Crippen molar-refractivity contribution in [2.24, 2.45) is 11.7 Å². The summed E-state index contributed by atoms with van der Waals surface area (Å²) >= 11 is 0. The average Bonchev–Trinajstić information content (AvgIpc) is 2.87. The predicted octanol–water partition coefficient (Wildman–Crippen LogP) is 2.10. The summed E-state index contributed by atoms with van der Waals surface area (Å²) in [6.45, 7) is 0.407. The van der Waals surface area contributed by atoms with Gasteiger partial charge in [-0.05, 0) is 25.0 Å². The van der Waals surface area contributed by atoms with Crippen LogP contribution in [0.5, 0.6) is 0 Å². The first kappa shape index (κ1) is 14.0. The molecule has 112 valence electrons. The zero-order valence-corrected chi connectivity index (χ0v) is 11.6. The van der Waals surface area contributed by atoms with Crippen LogP contribution in [0, 0.1) is 11.7 Å². The Labute approximate surface area is 121 Å². The van der Waals surface area contributed by atoms with Gasteiger partial charge in [0.15, 0.2) is 5.58 Å². The maximum Gasteiger partial charge on any atom is 0.222 e. The molecule has 1 saturated carbocycles. The second-order valence-corrected chi connectivity index (χ2v) is 5.50. The zero-order valence-electron chi connectivity index (χ0n) is 11.6. The molecule has 21 heavy (non-hydrogen) atoms. The number of hydrogen-bond donors (Lipinski definition) is 2. The van der Waals surface area contributed by atoms with Crippen molar-refractivity contribution in [3.63, 3.8) is 0 Å². The molecule has 5 nitrogen and oxygen atoms in total. The van der Waals surface area contributed by atoms with E-state index in [0.717, 1.165) is 25.7 Å². The number of amides is 1. The van der Waals surface area contributed by atoms with Crippen molar-refractivity contribution in [2.75, 3.05) is 0 Å². The van der Waals surface area contributed by atoms with E-state index in [1.807, 2.05) is 0 Å². The van der Waals surface area contributed by atoms with Gasteiger partial charge in [0.1, 0.15) is 11.3 Å². The third-order valence-corrected chi connectivity index (χ3v) is 4.04. The van der Waals surface area contributed by atoms with Gasteiger partial charge in [0.2, 0.25) is 11.8 Å². The van der Waals surface area contributed by atoms with Crippen LogP contribution in [-0.4, -0.2) is 16.9 Å². The van der Waals surface area contributed by atoms with Crippen molar-refractivity contribution >= 4 is 17.0 Å². The Morgan fingerprint density at radius 3 is 3.05 bits per heavy atom. The molecule has 2 atom stereocenters. The number of carbonyl (C=O) groups excluding carboxylic acids is 1. The summed E-state index contributed by atoms with van der Waals surface area (Å²) in [7, 11) is 0. The minimum Gasteiger partial charge on any atom is -0.439 e. The first-order chi connectivity index (χ1) is 10.1. The fraction of sp³-hybridized carbons (Fsp3) is 0.467. The van der Waals surface area contributed by atoms with Crippen LogP contribution < -0.4 is 11.1 Å². The molecule has 0 bridgehead atoms. The van der Waals surface area contributed by atoms with E-state index in [0.29, 0.717) is 23.5 Å². The number of carbonyl (C=O) groups is 1. The maximum atomic E-state index is 13.1. The highest BCUT2D eigenvalue weighted by atomic mass is 19.1. The van der Waals surface area contributed by atoms with Crippen LogP contribution in [0.3, 0.4) is 0 Å². The van der Waals surface area contributed by atoms with E-state index in [9.17, 15) is 9.18 Å². The monoisotopic (exact) mass is 291 g/mol. The van der Waals surface area contributed by atoms with Crippen LogP contribution in [0.2, 0.25) is 0 Å². The summed E-state index contributed by atoms with van der Waals surface area (Å²) in [6.07, 6.45) is 3.86. The Bertz CT molecular complexity index is 655. The van der Waals surface area contributed by atoms with Gasteiger partial charge in [0.25, 0.3) is 0 Å². The number of aromatic nitrogens is 1. The standard InChI is InChI=1S/C15H18FN3O2/c16-9-5-6-13-12(7-9)19-14(21-13)8-18-11-4-2-1-3-10(11)15(17)20/h5-7,10-11,18H,1-4,8H2,(H2,17,20). The van der Waals surface area contributed by atoms with Crippen LogP contribution in [-0.2, 0) is 11.3 Å². The van der Waals surface area contributed by atoms with Crippen molar-refractivity contribution in [1.29, 1.82) is 0 Å². The Morgan fingerprint density at radius 1 is 1.43 bits per heavy atom. The van der Waals surface area contributed by atoms with Crippen LogP contribution >= 0.6 is 0 Å². The molecule has 1 fully saturated rings. The second-order valence-electron chi connectivity index (χ2n) is 5.50. The molecular weight excluding hydrogens is 273 g/mol. The summed E-state index contributed by atoms with van der Waals surface area (Å²) < 4.78 is 18.7. The fourth-order valence-electron chi connectivity index (χ4n) is 2.96. The molecule has 6 heteroatoms. The molecule has 1 amide bonds. The lowest BCUT2D eigenvalue weighted by atomic mass is 9.84. The van der Waals surface area contributed by atoms with Gasteiger partial charge in [-0.15, -0.1) is 0 Å². The van der Waals surface area contributed by atoms with Gasteiger partial charge >= 0.3 is 0 Å². The van der Waals surface area contributed by atoms with Gasteiger partial charge in [0.05, 0.1) is 12.5 Å². The predicted molar refractivity (Wildman–Crippen MR) is 75.7 cm³/mol. The SMILES string of the molecule is NC(=O)C1CCCCC1NCc1nc2cc(F)ccc2o1. The highest BCUT2D eigenvalue weighted by molar-refractivity contribution is 5.77. The first-order valence-electron chi connectivity index (χ1n) is 7.21. The smallest absolute Gasteiger partial charge is 0.222 e. The van der Waals surface area contributed by atoms with Crippen molar-refractivity contribution in [3.8, 4) is 0 Å². The van der Waals surface area contributed by atoms with Gasteiger partial charge in [0, 0.05) is 12.1 Å². The molecule has 1 aliphatic rings. The molecule has 2 unspecified atom stereocenters. The molecule has 1 aromatic heterocycles. The van der Waals surface area contributed by atoms with Crippen molar-refractivity contribution in [2.45, 2.75) is 38.3 Å². The summed E-state index contributed by atoms with van der Waals surface area (Å²) in [5.41, 5.74) is 6.51. The number of fused-ring (bicyclic) bond motifs is 1. The molecule has 1 aliphatic carbocycles. The van der Waals surface area contributed by atoms with E-state index >= 15 is 0 Å². The molecule has 2 aromatic rings. The second kappa shape index (κ2) is 5.81. The molecule has 1 heterocycles. The van der Waals surface area contributed by atoms with Gasteiger partial charge < -0.3 is 15.5 Å². The molecule has 0 saturated heterocycles. The van der Waals surface area contributed by atoms with E-state index in [-0.39, 0.29) is 23.7 Å². The zero-order chi connectivity index (χ0) is 14.8.